The number of fused-ring (bicyclic) bond motifs is 1. The summed E-state index contributed by atoms with van der Waals surface area (Å²) in [6.07, 6.45) is 2.63. The number of aromatic nitrogens is 1. The Labute approximate surface area is 121 Å². The molecule has 1 saturated heterocycles. The number of pyridine rings is 1. The van der Waals surface area contributed by atoms with Crippen molar-refractivity contribution in [3.63, 3.8) is 0 Å². The monoisotopic (exact) mass is 269 g/mol. The van der Waals surface area contributed by atoms with Gasteiger partial charge in [0.25, 0.3) is 0 Å². The lowest BCUT2D eigenvalue weighted by Gasteiger charge is -2.21. The molecule has 1 atom stereocenters. The Balaban J connectivity index is 1.68. The average Bonchev–Trinajstić information content (AvgIpc) is 2.91. The van der Waals surface area contributed by atoms with Crippen molar-refractivity contribution in [2.75, 3.05) is 20.1 Å². The molecule has 2 heterocycles. The Morgan fingerprint density at radius 2 is 2.20 bits per heavy atom. The summed E-state index contributed by atoms with van der Waals surface area (Å²) in [5.74, 6) is 0. The van der Waals surface area contributed by atoms with Crippen molar-refractivity contribution in [1.82, 2.24) is 15.2 Å². The van der Waals surface area contributed by atoms with E-state index in [1.807, 2.05) is 6.92 Å². The van der Waals surface area contributed by atoms with Crippen LogP contribution in [0.2, 0.25) is 0 Å². The molecule has 0 spiro atoms. The standard InChI is InChI=1S/C17H23N3/c1-13-5-7-15-10-14(6-8-17(15)19-13)11-20(2)12-16-4-3-9-18-16/h5-8,10,16,18H,3-4,9,11-12H2,1-2H3. The lowest BCUT2D eigenvalue weighted by molar-refractivity contribution is 0.293. The summed E-state index contributed by atoms with van der Waals surface area (Å²) in [7, 11) is 2.21. The molecule has 0 radical (unpaired) electrons. The van der Waals surface area contributed by atoms with Gasteiger partial charge in [-0.2, -0.15) is 0 Å². The van der Waals surface area contributed by atoms with Crippen molar-refractivity contribution in [2.45, 2.75) is 32.4 Å². The van der Waals surface area contributed by atoms with E-state index in [4.69, 9.17) is 0 Å². The van der Waals surface area contributed by atoms with Gasteiger partial charge in [0.2, 0.25) is 0 Å². The average molecular weight is 269 g/mol. The molecule has 3 nitrogen and oxygen atoms in total. The molecule has 20 heavy (non-hydrogen) atoms. The molecule has 106 valence electrons. The van der Waals surface area contributed by atoms with E-state index in [2.05, 4.69) is 52.6 Å². The molecule has 1 aromatic carbocycles. The molecule has 0 bridgehead atoms. The van der Waals surface area contributed by atoms with Gasteiger partial charge in [0, 0.05) is 30.2 Å². The van der Waals surface area contributed by atoms with Crippen LogP contribution in [0.3, 0.4) is 0 Å². The van der Waals surface area contributed by atoms with Crippen LogP contribution in [-0.2, 0) is 6.54 Å². The van der Waals surface area contributed by atoms with Crippen LogP contribution in [-0.4, -0.2) is 36.1 Å². The molecule has 3 rings (SSSR count). The lowest BCUT2D eigenvalue weighted by atomic mass is 10.1. The summed E-state index contributed by atoms with van der Waals surface area (Å²) in [5, 5.41) is 4.79. The molecule has 1 aromatic heterocycles. The number of rotatable bonds is 4. The second-order valence-corrected chi connectivity index (χ2v) is 5.97. The number of hydrogen-bond acceptors (Lipinski definition) is 3. The van der Waals surface area contributed by atoms with Crippen LogP contribution < -0.4 is 5.32 Å². The third kappa shape index (κ3) is 3.17. The Morgan fingerprint density at radius 3 is 3.00 bits per heavy atom. The zero-order valence-corrected chi connectivity index (χ0v) is 12.4. The summed E-state index contributed by atoms with van der Waals surface area (Å²) < 4.78 is 0. The van der Waals surface area contributed by atoms with E-state index < -0.39 is 0 Å². The highest BCUT2D eigenvalue weighted by molar-refractivity contribution is 5.79. The first kappa shape index (κ1) is 13.5. The number of benzene rings is 1. The molecule has 1 unspecified atom stereocenters. The first-order valence-electron chi connectivity index (χ1n) is 7.49. The first-order chi connectivity index (χ1) is 9.70. The van der Waals surface area contributed by atoms with Crippen LogP contribution in [0.1, 0.15) is 24.1 Å². The topological polar surface area (TPSA) is 28.2 Å². The van der Waals surface area contributed by atoms with Crippen LogP contribution in [0, 0.1) is 6.92 Å². The summed E-state index contributed by atoms with van der Waals surface area (Å²) in [6, 6.07) is 11.5. The molecule has 1 aliphatic rings. The van der Waals surface area contributed by atoms with Crippen molar-refractivity contribution in [2.24, 2.45) is 0 Å². The van der Waals surface area contributed by atoms with E-state index in [0.29, 0.717) is 6.04 Å². The molecule has 0 aliphatic carbocycles. The Bertz CT molecular complexity index is 588. The Kier molecular flexibility index (Phi) is 3.99. The van der Waals surface area contributed by atoms with Crippen LogP contribution in [0.5, 0.6) is 0 Å². The van der Waals surface area contributed by atoms with E-state index in [1.165, 1.54) is 30.3 Å². The van der Waals surface area contributed by atoms with Gasteiger partial charge in [-0.25, -0.2) is 0 Å². The number of aryl methyl sites for hydroxylation is 1. The second-order valence-electron chi connectivity index (χ2n) is 5.97. The Hall–Kier alpha value is -1.45. The van der Waals surface area contributed by atoms with Gasteiger partial charge in [0.1, 0.15) is 0 Å². The van der Waals surface area contributed by atoms with Gasteiger partial charge in [0.15, 0.2) is 0 Å². The molecule has 0 amide bonds. The van der Waals surface area contributed by atoms with Crippen molar-refractivity contribution in [3.8, 4) is 0 Å². The maximum absolute atomic E-state index is 4.56. The molecule has 0 saturated carbocycles. The van der Waals surface area contributed by atoms with Crippen molar-refractivity contribution in [1.29, 1.82) is 0 Å². The smallest absolute Gasteiger partial charge is 0.0705 e. The summed E-state index contributed by atoms with van der Waals surface area (Å²) in [6.45, 7) is 5.35. The molecular weight excluding hydrogens is 246 g/mol. The molecule has 1 aliphatic heterocycles. The molecule has 3 heteroatoms. The minimum absolute atomic E-state index is 0.671. The maximum atomic E-state index is 4.56. The molecule has 2 aromatic rings. The van der Waals surface area contributed by atoms with Crippen molar-refractivity contribution >= 4 is 10.9 Å². The van der Waals surface area contributed by atoms with Gasteiger partial charge >= 0.3 is 0 Å². The van der Waals surface area contributed by atoms with E-state index in [-0.39, 0.29) is 0 Å². The highest BCUT2D eigenvalue weighted by Gasteiger charge is 2.15. The number of nitrogens with one attached hydrogen (secondary N) is 1. The predicted octanol–water partition coefficient (Wildman–Crippen LogP) is 2.73. The predicted molar refractivity (Wildman–Crippen MR) is 83.8 cm³/mol. The minimum Gasteiger partial charge on any atom is -0.313 e. The summed E-state index contributed by atoms with van der Waals surface area (Å²) >= 11 is 0. The van der Waals surface area contributed by atoms with E-state index >= 15 is 0 Å². The first-order valence-corrected chi connectivity index (χ1v) is 7.49. The summed E-state index contributed by atoms with van der Waals surface area (Å²) in [4.78, 5) is 6.96. The maximum Gasteiger partial charge on any atom is 0.0705 e. The van der Waals surface area contributed by atoms with Gasteiger partial charge in [-0.3, -0.25) is 4.98 Å². The lowest BCUT2D eigenvalue weighted by Crippen LogP contribution is -2.34. The molecule has 1 N–H and O–H groups in total. The van der Waals surface area contributed by atoms with E-state index in [0.717, 1.165) is 24.3 Å². The van der Waals surface area contributed by atoms with Crippen LogP contribution in [0.25, 0.3) is 10.9 Å². The van der Waals surface area contributed by atoms with E-state index in [1.54, 1.807) is 0 Å². The minimum atomic E-state index is 0.671. The van der Waals surface area contributed by atoms with Gasteiger partial charge in [-0.15, -0.1) is 0 Å². The fraction of sp³-hybridized carbons (Fsp3) is 0.471. The normalized spacial score (nSPS) is 19.1. The highest BCUT2D eigenvalue weighted by atomic mass is 15.1. The van der Waals surface area contributed by atoms with Crippen molar-refractivity contribution in [3.05, 3.63) is 41.6 Å². The Morgan fingerprint density at radius 1 is 1.30 bits per heavy atom. The van der Waals surface area contributed by atoms with Gasteiger partial charge in [0.05, 0.1) is 5.52 Å². The van der Waals surface area contributed by atoms with Crippen LogP contribution in [0.4, 0.5) is 0 Å². The van der Waals surface area contributed by atoms with Crippen LogP contribution >= 0.6 is 0 Å². The van der Waals surface area contributed by atoms with Gasteiger partial charge in [-0.1, -0.05) is 12.1 Å². The number of hydrogen-bond donors (Lipinski definition) is 1. The summed E-state index contributed by atoms with van der Waals surface area (Å²) in [5.41, 5.74) is 3.53. The van der Waals surface area contributed by atoms with Crippen molar-refractivity contribution < 1.29 is 0 Å². The zero-order valence-electron chi connectivity index (χ0n) is 12.4. The second kappa shape index (κ2) is 5.90. The zero-order chi connectivity index (χ0) is 13.9. The quantitative estimate of drug-likeness (QED) is 0.925. The number of nitrogens with zero attached hydrogens (tertiary/aromatic N) is 2. The fourth-order valence-electron chi connectivity index (χ4n) is 3.04. The van der Waals surface area contributed by atoms with Crippen LogP contribution in [0.15, 0.2) is 30.3 Å². The molecule has 1 fully saturated rings. The third-order valence-corrected chi connectivity index (χ3v) is 4.04. The fourth-order valence-corrected chi connectivity index (χ4v) is 3.04. The highest BCUT2D eigenvalue weighted by Crippen LogP contribution is 2.16. The SMILES string of the molecule is Cc1ccc2cc(CN(C)CC3CCCN3)ccc2n1. The third-order valence-electron chi connectivity index (χ3n) is 4.04. The molecular formula is C17H23N3. The van der Waals surface area contributed by atoms with Gasteiger partial charge in [-0.05, 0) is 57.1 Å². The van der Waals surface area contributed by atoms with Gasteiger partial charge < -0.3 is 10.2 Å². The van der Waals surface area contributed by atoms with E-state index in [9.17, 15) is 0 Å². The largest absolute Gasteiger partial charge is 0.313 e. The number of likely N-dealkylation sites (N-methyl/N-ethyl adjacent to an activating group) is 1.